The second-order valence-electron chi connectivity index (χ2n) is 3.34. The summed E-state index contributed by atoms with van der Waals surface area (Å²) in [5.74, 6) is 0. The number of rotatable bonds is 3. The molecule has 0 fully saturated rings. The Morgan fingerprint density at radius 3 is 1.37 bits per heavy atom. The summed E-state index contributed by atoms with van der Waals surface area (Å²) in [4.78, 5) is 4.67. The second kappa shape index (κ2) is 9.13. The highest BCUT2D eigenvalue weighted by Gasteiger charge is 1.91. The predicted molar refractivity (Wildman–Crippen MR) is 75.0 cm³/mol. The summed E-state index contributed by atoms with van der Waals surface area (Å²) >= 11 is 0. The highest BCUT2D eigenvalue weighted by Crippen LogP contribution is 2.17. The van der Waals surface area contributed by atoms with Gasteiger partial charge in [-0.15, -0.1) is 0 Å². The summed E-state index contributed by atoms with van der Waals surface area (Å²) in [6.45, 7) is -0.146. The predicted octanol–water partition coefficient (Wildman–Crippen LogP) is 4.92. The molecule has 0 N–H and O–H groups in total. The van der Waals surface area contributed by atoms with E-state index in [4.69, 9.17) is 11.1 Å². The van der Waals surface area contributed by atoms with Crippen LogP contribution in [0.4, 0.5) is 0 Å². The van der Waals surface area contributed by atoms with E-state index in [1.165, 1.54) is 11.1 Å². The maximum Gasteiger partial charge on any atom is 0.104 e. The summed E-state index contributed by atoms with van der Waals surface area (Å²) in [5.41, 5.74) is 17.7. The molecule has 2 aromatic carbocycles. The van der Waals surface area contributed by atoms with Crippen molar-refractivity contribution in [2.24, 2.45) is 10.2 Å². The molecule has 2 rings (SSSR count). The minimum atomic E-state index is -0.146. The average Bonchev–Trinajstić information content (AvgIpc) is 2.50. The Morgan fingerprint density at radius 2 is 1.05 bits per heavy atom. The van der Waals surface area contributed by atoms with E-state index in [0.29, 0.717) is 0 Å². The zero-order valence-corrected chi connectivity index (χ0v) is 10.2. The van der Waals surface area contributed by atoms with Crippen LogP contribution < -0.4 is 0 Å². The monoisotopic (exact) mass is 252 g/mol. The van der Waals surface area contributed by atoms with Crippen molar-refractivity contribution < 1.29 is 0 Å². The third-order valence-corrected chi connectivity index (χ3v) is 2.13. The van der Waals surface area contributed by atoms with E-state index in [2.05, 4.69) is 68.6 Å². The van der Waals surface area contributed by atoms with Gasteiger partial charge >= 0.3 is 0 Å². The van der Waals surface area contributed by atoms with E-state index in [9.17, 15) is 0 Å². The Hall–Kier alpha value is -2.94. The number of azide groups is 1. The third kappa shape index (κ3) is 5.79. The van der Waals surface area contributed by atoms with Crippen LogP contribution in [-0.2, 0) is 0 Å². The maximum atomic E-state index is 7.57. The maximum absolute atomic E-state index is 7.57. The molecule has 0 aliphatic heterocycles. The molecule has 0 unspecified atom stereocenters. The third-order valence-electron chi connectivity index (χ3n) is 2.13. The van der Waals surface area contributed by atoms with Gasteiger partial charge in [0.25, 0.3) is 0 Å². The van der Waals surface area contributed by atoms with Crippen LogP contribution in [-0.4, -0.2) is 6.67 Å². The van der Waals surface area contributed by atoms with Crippen molar-refractivity contribution in [1.82, 2.24) is 0 Å². The zero-order chi connectivity index (χ0) is 13.8. The SMILES string of the molecule is [N-]=[N+]=NCN=[N+]=[N-].c1ccc(-c2ccccc2)cc1. The summed E-state index contributed by atoms with van der Waals surface area (Å²) < 4.78 is 0. The van der Waals surface area contributed by atoms with Crippen LogP contribution >= 0.6 is 0 Å². The van der Waals surface area contributed by atoms with Gasteiger partial charge < -0.3 is 0 Å². The van der Waals surface area contributed by atoms with E-state index in [1.54, 1.807) is 0 Å². The Labute approximate surface area is 110 Å². The molecule has 0 saturated carbocycles. The van der Waals surface area contributed by atoms with Crippen LogP contribution in [0.2, 0.25) is 0 Å². The van der Waals surface area contributed by atoms with Crippen LogP contribution in [0.25, 0.3) is 32.0 Å². The molecule has 0 amide bonds. The Bertz CT molecular complexity index is 515. The second-order valence-corrected chi connectivity index (χ2v) is 3.34. The lowest BCUT2D eigenvalue weighted by atomic mass is 10.1. The van der Waals surface area contributed by atoms with E-state index >= 15 is 0 Å². The summed E-state index contributed by atoms with van der Waals surface area (Å²) in [7, 11) is 0. The van der Waals surface area contributed by atoms with Crippen LogP contribution in [0.1, 0.15) is 0 Å². The average molecular weight is 252 g/mol. The fourth-order valence-electron chi connectivity index (χ4n) is 1.35. The molecule has 0 aromatic heterocycles. The molecule has 6 heteroatoms. The smallest absolute Gasteiger partial charge is 0.0880 e. The number of benzene rings is 2. The molecular weight excluding hydrogens is 240 g/mol. The molecule has 0 atom stereocenters. The molecule has 0 heterocycles. The van der Waals surface area contributed by atoms with E-state index in [1.807, 2.05) is 12.1 Å². The van der Waals surface area contributed by atoms with Gasteiger partial charge in [-0.1, -0.05) is 70.9 Å². The van der Waals surface area contributed by atoms with Crippen LogP contribution in [0.3, 0.4) is 0 Å². The lowest BCUT2D eigenvalue weighted by molar-refractivity contribution is 1.03. The van der Waals surface area contributed by atoms with E-state index in [0.717, 1.165) is 0 Å². The molecule has 2 aromatic rings. The number of hydrogen-bond acceptors (Lipinski definition) is 2. The minimum Gasteiger partial charge on any atom is -0.0880 e. The summed E-state index contributed by atoms with van der Waals surface area (Å²) in [6, 6.07) is 20.8. The standard InChI is InChI=1S/C12H10.CH2N6/c1-3-7-11(8-4-1)12-9-5-2-6-10-12;2-6-4-1-5-7-3/h1-10H;1H2. The minimum absolute atomic E-state index is 0.146. The lowest BCUT2D eigenvalue weighted by Gasteiger charge is -1.98. The number of nitrogens with zero attached hydrogens (tertiary/aromatic N) is 6. The summed E-state index contributed by atoms with van der Waals surface area (Å²) in [5, 5.41) is 5.84. The van der Waals surface area contributed by atoms with Gasteiger partial charge in [-0.2, -0.15) is 0 Å². The first-order chi connectivity index (χ1) is 9.38. The van der Waals surface area contributed by atoms with Gasteiger partial charge in [-0.05, 0) is 22.2 Å². The van der Waals surface area contributed by atoms with E-state index < -0.39 is 0 Å². The van der Waals surface area contributed by atoms with E-state index in [-0.39, 0.29) is 6.67 Å². The van der Waals surface area contributed by atoms with Crippen molar-refractivity contribution in [3.05, 3.63) is 81.5 Å². The topological polar surface area (TPSA) is 97.5 Å². The Morgan fingerprint density at radius 1 is 0.684 bits per heavy atom. The molecule has 6 nitrogen and oxygen atoms in total. The first kappa shape index (κ1) is 14.1. The number of hydrogen-bond donors (Lipinski definition) is 0. The van der Waals surface area contributed by atoms with Crippen molar-refractivity contribution >= 4 is 0 Å². The van der Waals surface area contributed by atoms with Gasteiger partial charge in [-0.25, -0.2) is 0 Å². The normalized spacial score (nSPS) is 8.21. The van der Waals surface area contributed by atoms with Crippen molar-refractivity contribution in [2.45, 2.75) is 0 Å². The first-order valence-electron chi connectivity index (χ1n) is 5.50. The van der Waals surface area contributed by atoms with Gasteiger partial charge in [0.1, 0.15) is 6.67 Å². The van der Waals surface area contributed by atoms with Gasteiger partial charge in [-0.3, -0.25) is 0 Å². The molecule has 0 aliphatic carbocycles. The lowest BCUT2D eigenvalue weighted by Crippen LogP contribution is -1.73. The van der Waals surface area contributed by atoms with Crippen molar-refractivity contribution in [3.63, 3.8) is 0 Å². The molecule has 0 saturated heterocycles. The van der Waals surface area contributed by atoms with Gasteiger partial charge in [0, 0.05) is 9.82 Å². The fourth-order valence-corrected chi connectivity index (χ4v) is 1.35. The van der Waals surface area contributed by atoms with Gasteiger partial charge in [0.05, 0.1) is 0 Å². The molecule has 0 bridgehead atoms. The Balaban J connectivity index is 0.000000224. The summed E-state index contributed by atoms with van der Waals surface area (Å²) in [6.07, 6.45) is 0. The highest BCUT2D eigenvalue weighted by atomic mass is 15.2. The molecule has 19 heavy (non-hydrogen) atoms. The van der Waals surface area contributed by atoms with Crippen LogP contribution in [0.5, 0.6) is 0 Å². The van der Waals surface area contributed by atoms with Crippen LogP contribution in [0, 0.1) is 0 Å². The molecule has 94 valence electrons. The molecule has 0 spiro atoms. The van der Waals surface area contributed by atoms with Crippen molar-refractivity contribution in [2.75, 3.05) is 6.67 Å². The van der Waals surface area contributed by atoms with Crippen molar-refractivity contribution in [3.8, 4) is 11.1 Å². The van der Waals surface area contributed by atoms with Crippen LogP contribution in [0.15, 0.2) is 70.9 Å². The Kier molecular flexibility index (Phi) is 6.78. The molecular formula is C13H12N6. The van der Waals surface area contributed by atoms with Gasteiger partial charge in [0.2, 0.25) is 0 Å². The van der Waals surface area contributed by atoms with Gasteiger partial charge in [0.15, 0.2) is 0 Å². The molecule has 0 radical (unpaired) electrons. The largest absolute Gasteiger partial charge is 0.104 e. The quantitative estimate of drug-likeness (QED) is 0.421. The highest BCUT2D eigenvalue weighted by molar-refractivity contribution is 5.62. The fraction of sp³-hybridized carbons (Fsp3) is 0.0769. The molecule has 0 aliphatic rings. The van der Waals surface area contributed by atoms with Crippen molar-refractivity contribution in [1.29, 1.82) is 0 Å². The zero-order valence-electron chi connectivity index (χ0n) is 10.2. The first-order valence-corrected chi connectivity index (χ1v) is 5.50.